The Labute approximate surface area is 188 Å². The van der Waals surface area contributed by atoms with E-state index in [9.17, 15) is 14.4 Å². The van der Waals surface area contributed by atoms with Crippen LogP contribution < -0.4 is 5.32 Å². The molecule has 3 heterocycles. The highest BCUT2D eigenvalue weighted by molar-refractivity contribution is 5.94. The molecule has 0 unspecified atom stereocenters. The van der Waals surface area contributed by atoms with E-state index in [2.05, 4.69) is 12.2 Å². The standard InChI is InChI=1S/C25H30N2O5/c1-15-17(3-4-19-20(15)13-31-24(19)30)12-26-18-5-7-25(8-6-18)9-10-27(22(28)11-25)21-14-32-23(29)16(21)2/h3-4,18,26H,5-14H2,1-2H3. The normalized spacial score (nSPS) is 27.8. The van der Waals surface area contributed by atoms with Crippen LogP contribution in [0.5, 0.6) is 0 Å². The molecule has 1 aromatic rings. The lowest BCUT2D eigenvalue weighted by atomic mass is 9.66. The van der Waals surface area contributed by atoms with Crippen molar-refractivity contribution in [3.8, 4) is 0 Å². The van der Waals surface area contributed by atoms with Gasteiger partial charge in [0.25, 0.3) is 0 Å². The fourth-order valence-corrected chi connectivity index (χ4v) is 5.72. The molecule has 3 aliphatic heterocycles. The van der Waals surface area contributed by atoms with E-state index in [0.29, 0.717) is 36.8 Å². The highest BCUT2D eigenvalue weighted by atomic mass is 16.5. The van der Waals surface area contributed by atoms with E-state index in [1.54, 1.807) is 11.8 Å². The summed E-state index contributed by atoms with van der Waals surface area (Å²) in [6.45, 7) is 5.85. The summed E-state index contributed by atoms with van der Waals surface area (Å²) in [5.41, 5.74) is 5.48. The zero-order valence-electron chi connectivity index (χ0n) is 18.8. The van der Waals surface area contributed by atoms with E-state index < -0.39 is 0 Å². The molecule has 1 N–H and O–H groups in total. The number of esters is 2. The minimum absolute atomic E-state index is 0.0882. The van der Waals surface area contributed by atoms with Crippen molar-refractivity contribution in [1.29, 1.82) is 0 Å². The lowest BCUT2D eigenvalue weighted by molar-refractivity contribution is -0.139. The van der Waals surface area contributed by atoms with Gasteiger partial charge in [0.15, 0.2) is 0 Å². The monoisotopic (exact) mass is 438 g/mol. The number of benzene rings is 1. The van der Waals surface area contributed by atoms with Crippen LogP contribution in [-0.4, -0.2) is 41.9 Å². The lowest BCUT2D eigenvalue weighted by Crippen LogP contribution is -2.47. The summed E-state index contributed by atoms with van der Waals surface area (Å²) in [6.07, 6.45) is 5.74. The fraction of sp³-hybridized carbons (Fsp3) is 0.560. The number of hydrogen-bond donors (Lipinski definition) is 1. The van der Waals surface area contributed by atoms with Gasteiger partial charge < -0.3 is 19.7 Å². The van der Waals surface area contributed by atoms with Crippen molar-refractivity contribution in [3.63, 3.8) is 0 Å². The number of rotatable bonds is 4. The molecule has 1 aromatic carbocycles. The lowest BCUT2D eigenvalue weighted by Gasteiger charge is -2.45. The number of piperidine rings is 1. The minimum atomic E-state index is -0.308. The maximum Gasteiger partial charge on any atom is 0.338 e. The molecule has 1 spiro atoms. The molecule has 0 radical (unpaired) electrons. The van der Waals surface area contributed by atoms with Gasteiger partial charge in [0.1, 0.15) is 13.2 Å². The first-order chi connectivity index (χ1) is 15.4. The van der Waals surface area contributed by atoms with Crippen LogP contribution in [0.25, 0.3) is 0 Å². The second-order valence-corrected chi connectivity index (χ2v) is 9.73. The van der Waals surface area contributed by atoms with Crippen molar-refractivity contribution < 1.29 is 23.9 Å². The molecule has 5 rings (SSSR count). The molecule has 2 fully saturated rings. The van der Waals surface area contributed by atoms with E-state index in [-0.39, 0.29) is 29.9 Å². The molecule has 32 heavy (non-hydrogen) atoms. The number of carbonyl (C=O) groups excluding carboxylic acids is 3. The highest BCUT2D eigenvalue weighted by Crippen LogP contribution is 2.46. The summed E-state index contributed by atoms with van der Waals surface area (Å²) >= 11 is 0. The number of amides is 1. The smallest absolute Gasteiger partial charge is 0.338 e. The Kier molecular flexibility index (Phi) is 5.32. The third-order valence-electron chi connectivity index (χ3n) is 8.00. The number of nitrogens with zero attached hydrogens (tertiary/aromatic N) is 1. The van der Waals surface area contributed by atoms with Gasteiger partial charge in [-0.15, -0.1) is 0 Å². The molecule has 7 nitrogen and oxygen atoms in total. The van der Waals surface area contributed by atoms with E-state index in [0.717, 1.165) is 55.5 Å². The number of carbonyl (C=O) groups is 3. The summed E-state index contributed by atoms with van der Waals surface area (Å²) in [5, 5.41) is 3.70. The van der Waals surface area contributed by atoms with Gasteiger partial charge in [-0.25, -0.2) is 9.59 Å². The predicted octanol–water partition coefficient (Wildman–Crippen LogP) is 3.14. The number of ether oxygens (including phenoxy) is 2. The molecule has 7 heteroatoms. The molecular weight excluding hydrogens is 408 g/mol. The molecule has 1 aliphatic carbocycles. The summed E-state index contributed by atoms with van der Waals surface area (Å²) in [4.78, 5) is 38.1. The minimum Gasteiger partial charge on any atom is -0.457 e. The van der Waals surface area contributed by atoms with Crippen molar-refractivity contribution in [2.75, 3.05) is 13.2 Å². The van der Waals surface area contributed by atoms with Gasteiger partial charge in [-0.3, -0.25) is 4.79 Å². The molecule has 1 saturated carbocycles. The molecule has 1 amide bonds. The fourth-order valence-electron chi connectivity index (χ4n) is 5.72. The average Bonchev–Trinajstić information content (AvgIpc) is 3.32. The largest absolute Gasteiger partial charge is 0.457 e. The summed E-state index contributed by atoms with van der Waals surface area (Å²) in [7, 11) is 0. The van der Waals surface area contributed by atoms with Gasteiger partial charge in [0.2, 0.25) is 5.91 Å². The van der Waals surface area contributed by atoms with E-state index in [4.69, 9.17) is 9.47 Å². The second-order valence-electron chi connectivity index (χ2n) is 9.73. The van der Waals surface area contributed by atoms with Crippen molar-refractivity contribution >= 4 is 17.8 Å². The predicted molar refractivity (Wildman–Crippen MR) is 116 cm³/mol. The Morgan fingerprint density at radius 2 is 1.78 bits per heavy atom. The first-order valence-corrected chi connectivity index (χ1v) is 11.6. The van der Waals surface area contributed by atoms with Gasteiger partial charge in [-0.05, 0) is 68.6 Å². The Morgan fingerprint density at radius 3 is 2.47 bits per heavy atom. The maximum atomic E-state index is 12.9. The number of hydrogen-bond acceptors (Lipinski definition) is 6. The first kappa shape index (κ1) is 21.2. The first-order valence-electron chi connectivity index (χ1n) is 11.6. The van der Waals surface area contributed by atoms with E-state index in [1.165, 1.54) is 5.56 Å². The quantitative estimate of drug-likeness (QED) is 0.727. The zero-order valence-corrected chi connectivity index (χ0v) is 18.8. The van der Waals surface area contributed by atoms with Crippen LogP contribution in [0.15, 0.2) is 23.4 Å². The molecular formula is C25H30N2O5. The van der Waals surface area contributed by atoms with Crippen LogP contribution in [0.2, 0.25) is 0 Å². The van der Waals surface area contributed by atoms with Crippen molar-refractivity contribution in [2.24, 2.45) is 5.41 Å². The molecule has 0 aromatic heterocycles. The van der Waals surface area contributed by atoms with Crippen LogP contribution in [0.3, 0.4) is 0 Å². The Hall–Kier alpha value is -2.67. The maximum absolute atomic E-state index is 12.9. The third kappa shape index (κ3) is 3.62. The van der Waals surface area contributed by atoms with Crippen molar-refractivity contribution in [3.05, 3.63) is 45.7 Å². The number of nitrogens with one attached hydrogen (secondary N) is 1. The Balaban J connectivity index is 1.16. The van der Waals surface area contributed by atoms with Crippen LogP contribution in [0.4, 0.5) is 0 Å². The van der Waals surface area contributed by atoms with Crippen molar-refractivity contribution in [1.82, 2.24) is 10.2 Å². The molecule has 4 aliphatic rings. The SMILES string of the molecule is CC1=C(N2CCC3(CCC(NCc4ccc5c(c4C)COC5=O)CC3)CC2=O)COC1=O. The van der Waals surface area contributed by atoms with Gasteiger partial charge in [0, 0.05) is 31.1 Å². The summed E-state index contributed by atoms with van der Waals surface area (Å²) < 4.78 is 10.3. The molecule has 170 valence electrons. The second kappa shape index (κ2) is 8.03. The van der Waals surface area contributed by atoms with Crippen LogP contribution in [0, 0.1) is 12.3 Å². The Morgan fingerprint density at radius 1 is 1.03 bits per heavy atom. The van der Waals surface area contributed by atoms with Crippen LogP contribution in [-0.2, 0) is 32.2 Å². The van der Waals surface area contributed by atoms with Gasteiger partial charge in [-0.2, -0.15) is 0 Å². The van der Waals surface area contributed by atoms with Gasteiger partial charge >= 0.3 is 11.9 Å². The number of cyclic esters (lactones) is 2. The Bertz CT molecular complexity index is 1020. The number of likely N-dealkylation sites (tertiary alicyclic amines) is 1. The highest BCUT2D eigenvalue weighted by Gasteiger charge is 2.43. The third-order valence-corrected chi connectivity index (χ3v) is 8.00. The number of fused-ring (bicyclic) bond motifs is 1. The van der Waals surface area contributed by atoms with Crippen LogP contribution in [0.1, 0.15) is 72.5 Å². The zero-order chi connectivity index (χ0) is 22.5. The average molecular weight is 439 g/mol. The van der Waals surface area contributed by atoms with Crippen molar-refractivity contribution in [2.45, 2.75) is 71.6 Å². The topological polar surface area (TPSA) is 84.9 Å². The van der Waals surface area contributed by atoms with E-state index in [1.807, 2.05) is 12.1 Å². The van der Waals surface area contributed by atoms with Gasteiger partial charge in [-0.1, -0.05) is 6.07 Å². The van der Waals surface area contributed by atoms with E-state index >= 15 is 0 Å². The molecule has 1 saturated heterocycles. The van der Waals surface area contributed by atoms with Gasteiger partial charge in [0.05, 0.1) is 16.8 Å². The molecule has 0 bridgehead atoms. The summed E-state index contributed by atoms with van der Waals surface area (Å²) in [5.74, 6) is -0.405. The summed E-state index contributed by atoms with van der Waals surface area (Å²) in [6, 6.07) is 4.34. The molecule has 0 atom stereocenters. The van der Waals surface area contributed by atoms with Crippen LogP contribution >= 0.6 is 0 Å².